The smallest absolute Gasteiger partial charge is 0.323 e. The molecule has 0 unspecified atom stereocenters. The van der Waals surface area contributed by atoms with Gasteiger partial charge in [0.05, 0.1) is 49.5 Å². The number of fused-ring (bicyclic) bond motifs is 1. The van der Waals surface area contributed by atoms with Gasteiger partial charge < -0.3 is 24.8 Å². The van der Waals surface area contributed by atoms with Crippen LogP contribution in [0.2, 0.25) is 5.02 Å². The number of pyridine rings is 1. The molecule has 0 spiro atoms. The first-order valence-electron chi connectivity index (χ1n) is 12.3. The zero-order chi connectivity index (χ0) is 26.5. The van der Waals surface area contributed by atoms with Crippen molar-refractivity contribution in [3.05, 3.63) is 77.6 Å². The van der Waals surface area contributed by atoms with Crippen molar-refractivity contribution in [2.24, 2.45) is 0 Å². The minimum absolute atomic E-state index is 0.364. The summed E-state index contributed by atoms with van der Waals surface area (Å²) in [7, 11) is 3.03. The van der Waals surface area contributed by atoms with Crippen LogP contribution in [0.1, 0.15) is 5.69 Å². The molecule has 1 aliphatic heterocycles. The third-order valence-corrected chi connectivity index (χ3v) is 6.81. The van der Waals surface area contributed by atoms with Gasteiger partial charge in [0, 0.05) is 42.8 Å². The molecule has 2 N–H and O–H groups in total. The van der Waals surface area contributed by atoms with Crippen molar-refractivity contribution in [2.75, 3.05) is 51.2 Å². The lowest BCUT2D eigenvalue weighted by Gasteiger charge is -2.26. The predicted octanol–water partition coefficient (Wildman–Crippen LogP) is 6.05. The molecule has 1 aliphatic rings. The van der Waals surface area contributed by atoms with Crippen molar-refractivity contribution in [1.82, 2.24) is 9.88 Å². The Morgan fingerprint density at radius 1 is 0.947 bits per heavy atom. The van der Waals surface area contributed by atoms with E-state index in [0.717, 1.165) is 60.4 Å². The Hall–Kier alpha value is -3.85. The predicted molar refractivity (Wildman–Crippen MR) is 150 cm³/mol. The zero-order valence-electron chi connectivity index (χ0n) is 21.3. The van der Waals surface area contributed by atoms with E-state index in [-0.39, 0.29) is 0 Å². The Bertz CT molecular complexity index is 1440. The summed E-state index contributed by atoms with van der Waals surface area (Å²) in [5.74, 6) is 0.894. The van der Waals surface area contributed by atoms with Crippen LogP contribution in [-0.2, 0) is 11.3 Å². The Labute approximate surface area is 226 Å². The van der Waals surface area contributed by atoms with E-state index in [4.69, 9.17) is 30.8 Å². The summed E-state index contributed by atoms with van der Waals surface area (Å²) in [5.41, 5.74) is 4.20. The van der Waals surface area contributed by atoms with Gasteiger partial charge in [-0.1, -0.05) is 48.0 Å². The highest BCUT2D eigenvalue weighted by molar-refractivity contribution is 6.32. The maximum Gasteiger partial charge on any atom is 0.323 e. The molecule has 2 heterocycles. The van der Waals surface area contributed by atoms with Crippen LogP contribution >= 0.6 is 11.6 Å². The number of hydrogen-bond donors (Lipinski definition) is 2. The van der Waals surface area contributed by atoms with Crippen molar-refractivity contribution in [2.45, 2.75) is 6.54 Å². The van der Waals surface area contributed by atoms with Gasteiger partial charge in [-0.25, -0.2) is 4.79 Å². The lowest BCUT2D eigenvalue weighted by molar-refractivity contribution is 0.0336. The van der Waals surface area contributed by atoms with Gasteiger partial charge in [0.25, 0.3) is 0 Å². The molecule has 2 amide bonds. The van der Waals surface area contributed by atoms with Gasteiger partial charge in [-0.2, -0.15) is 0 Å². The number of halogens is 1. The van der Waals surface area contributed by atoms with Gasteiger partial charge in [-0.15, -0.1) is 0 Å². The summed E-state index contributed by atoms with van der Waals surface area (Å²) in [5, 5.41) is 8.06. The van der Waals surface area contributed by atoms with Gasteiger partial charge >= 0.3 is 6.03 Å². The molecule has 9 heteroatoms. The number of carbonyl (C=O) groups is 1. The average Bonchev–Trinajstić information content (AvgIpc) is 2.94. The van der Waals surface area contributed by atoms with E-state index in [0.29, 0.717) is 27.9 Å². The van der Waals surface area contributed by atoms with E-state index in [9.17, 15) is 4.79 Å². The standard InChI is InChI=1S/C29H29ClN4O4/c1-36-27-16-28(37-2)26(15-24(27)30)33-29(35)32-25-10-9-21(22-5-3-4-6-23(22)25)19-7-8-20(31-17-19)18-34-11-13-38-14-12-34/h3-10,15-17H,11-14,18H2,1-2H3,(H2,32,33,35). The summed E-state index contributed by atoms with van der Waals surface area (Å²) in [6, 6.07) is 18.8. The average molecular weight is 533 g/mol. The summed E-state index contributed by atoms with van der Waals surface area (Å²) < 4.78 is 16.0. The summed E-state index contributed by atoms with van der Waals surface area (Å²) in [6.45, 7) is 4.20. The van der Waals surface area contributed by atoms with Crippen LogP contribution in [0.25, 0.3) is 21.9 Å². The number of aromatic nitrogens is 1. The number of urea groups is 1. The molecule has 0 aliphatic carbocycles. The third kappa shape index (κ3) is 5.67. The molecular weight excluding hydrogens is 504 g/mol. The Balaban J connectivity index is 1.36. The third-order valence-electron chi connectivity index (χ3n) is 6.52. The normalized spacial score (nSPS) is 13.8. The van der Waals surface area contributed by atoms with Gasteiger partial charge in [-0.05, 0) is 29.1 Å². The molecule has 1 aromatic heterocycles. The highest BCUT2D eigenvalue weighted by atomic mass is 35.5. The van der Waals surface area contributed by atoms with Crippen LogP contribution in [0.15, 0.2) is 66.9 Å². The maximum atomic E-state index is 12.9. The SMILES string of the molecule is COc1cc(OC)c(NC(=O)Nc2ccc(-c3ccc(CN4CCOCC4)nc3)c3ccccc23)cc1Cl. The fraction of sp³-hybridized carbons (Fsp3) is 0.241. The highest BCUT2D eigenvalue weighted by Crippen LogP contribution is 2.37. The number of anilines is 2. The van der Waals surface area contributed by atoms with E-state index in [1.807, 2.05) is 42.6 Å². The van der Waals surface area contributed by atoms with E-state index in [1.165, 1.54) is 14.2 Å². The molecule has 0 radical (unpaired) electrons. The van der Waals surface area contributed by atoms with Crippen molar-refractivity contribution >= 4 is 39.8 Å². The fourth-order valence-corrected chi connectivity index (χ4v) is 4.80. The number of nitrogens with one attached hydrogen (secondary N) is 2. The minimum Gasteiger partial charge on any atom is -0.495 e. The molecule has 1 saturated heterocycles. The largest absolute Gasteiger partial charge is 0.495 e. The summed E-state index contributed by atoms with van der Waals surface area (Å²) in [6.07, 6.45) is 1.91. The Morgan fingerprint density at radius 3 is 2.39 bits per heavy atom. The Morgan fingerprint density at radius 2 is 1.68 bits per heavy atom. The number of nitrogens with zero attached hydrogens (tertiary/aromatic N) is 2. The molecular formula is C29H29ClN4O4. The lowest BCUT2D eigenvalue weighted by Crippen LogP contribution is -2.35. The van der Waals surface area contributed by atoms with Gasteiger partial charge in [0.2, 0.25) is 0 Å². The van der Waals surface area contributed by atoms with E-state index < -0.39 is 6.03 Å². The molecule has 4 aromatic rings. The molecule has 196 valence electrons. The van der Waals surface area contributed by atoms with Crippen LogP contribution in [0.4, 0.5) is 16.2 Å². The van der Waals surface area contributed by atoms with Crippen molar-refractivity contribution < 1.29 is 19.0 Å². The first kappa shape index (κ1) is 25.8. The number of benzene rings is 3. The van der Waals surface area contributed by atoms with Crippen LogP contribution < -0.4 is 20.1 Å². The molecule has 0 saturated carbocycles. The van der Waals surface area contributed by atoms with Crippen LogP contribution in [-0.4, -0.2) is 56.4 Å². The number of rotatable bonds is 7. The monoisotopic (exact) mass is 532 g/mol. The molecule has 0 atom stereocenters. The lowest BCUT2D eigenvalue weighted by atomic mass is 9.98. The van der Waals surface area contributed by atoms with Crippen molar-refractivity contribution in [1.29, 1.82) is 0 Å². The highest BCUT2D eigenvalue weighted by Gasteiger charge is 2.15. The second-order valence-electron chi connectivity index (χ2n) is 8.90. The topological polar surface area (TPSA) is 85.0 Å². The molecule has 1 fully saturated rings. The van der Waals surface area contributed by atoms with Crippen LogP contribution in [0.3, 0.4) is 0 Å². The number of carbonyl (C=O) groups excluding carboxylic acids is 1. The molecule has 5 rings (SSSR count). The molecule has 0 bridgehead atoms. The number of morpholine rings is 1. The zero-order valence-corrected chi connectivity index (χ0v) is 22.0. The van der Waals surface area contributed by atoms with Crippen LogP contribution in [0.5, 0.6) is 11.5 Å². The van der Waals surface area contributed by atoms with Gasteiger partial charge in [0.15, 0.2) is 0 Å². The van der Waals surface area contributed by atoms with Gasteiger partial charge in [0.1, 0.15) is 11.5 Å². The quantitative estimate of drug-likeness (QED) is 0.301. The first-order valence-corrected chi connectivity index (χ1v) is 12.7. The number of hydrogen-bond acceptors (Lipinski definition) is 6. The van der Waals surface area contributed by atoms with Gasteiger partial charge in [-0.3, -0.25) is 9.88 Å². The molecule has 3 aromatic carbocycles. The Kier molecular flexibility index (Phi) is 7.93. The second kappa shape index (κ2) is 11.7. The van der Waals surface area contributed by atoms with E-state index in [1.54, 1.807) is 12.1 Å². The number of amides is 2. The first-order chi connectivity index (χ1) is 18.6. The van der Waals surface area contributed by atoms with E-state index >= 15 is 0 Å². The number of methoxy groups -OCH3 is 2. The van der Waals surface area contributed by atoms with Crippen molar-refractivity contribution in [3.63, 3.8) is 0 Å². The molecule has 8 nitrogen and oxygen atoms in total. The summed E-state index contributed by atoms with van der Waals surface area (Å²) >= 11 is 6.25. The minimum atomic E-state index is -0.420. The van der Waals surface area contributed by atoms with Crippen molar-refractivity contribution in [3.8, 4) is 22.6 Å². The summed E-state index contributed by atoms with van der Waals surface area (Å²) in [4.78, 5) is 20.0. The second-order valence-corrected chi connectivity index (χ2v) is 9.31. The molecule has 38 heavy (non-hydrogen) atoms. The fourth-order valence-electron chi connectivity index (χ4n) is 4.56. The maximum absolute atomic E-state index is 12.9. The van der Waals surface area contributed by atoms with E-state index in [2.05, 4.69) is 27.7 Å². The van der Waals surface area contributed by atoms with Crippen LogP contribution in [0, 0.1) is 0 Å². The number of ether oxygens (including phenoxy) is 3.